The van der Waals surface area contributed by atoms with Crippen molar-refractivity contribution in [3.05, 3.63) is 24.3 Å². The van der Waals surface area contributed by atoms with E-state index in [4.69, 9.17) is 9.47 Å². The summed E-state index contributed by atoms with van der Waals surface area (Å²) < 4.78 is 11.9. The van der Waals surface area contributed by atoms with E-state index in [0.717, 1.165) is 19.4 Å². The van der Waals surface area contributed by atoms with Crippen molar-refractivity contribution in [2.75, 3.05) is 47.1 Å². The number of quaternary nitrogens is 1. The summed E-state index contributed by atoms with van der Waals surface area (Å²) in [6, 6.07) is 0. The van der Waals surface area contributed by atoms with E-state index >= 15 is 0 Å². The van der Waals surface area contributed by atoms with Gasteiger partial charge in [0.15, 0.2) is 6.61 Å². The number of hydrogen-bond donors (Lipinski definition) is 0. The van der Waals surface area contributed by atoms with Crippen LogP contribution in [0.5, 0.6) is 0 Å². The van der Waals surface area contributed by atoms with Crippen molar-refractivity contribution in [3.8, 4) is 0 Å². The molecular formula is C42H82NO3+. The molecule has 46 heavy (non-hydrogen) atoms. The van der Waals surface area contributed by atoms with Crippen LogP contribution in [-0.4, -0.2) is 57.5 Å². The predicted octanol–water partition coefficient (Wildman–Crippen LogP) is 12.7. The lowest BCUT2D eigenvalue weighted by Crippen LogP contribution is -2.49. The van der Waals surface area contributed by atoms with Gasteiger partial charge in [-0.25, -0.2) is 4.79 Å². The van der Waals surface area contributed by atoms with Gasteiger partial charge in [-0.1, -0.05) is 154 Å². The molecule has 0 aromatic rings. The minimum Gasteiger partial charge on any atom is -0.376 e. The van der Waals surface area contributed by atoms with Crippen LogP contribution < -0.4 is 0 Å². The maximum absolute atomic E-state index is 12.6. The predicted molar refractivity (Wildman–Crippen MR) is 203 cm³/mol. The summed E-state index contributed by atoms with van der Waals surface area (Å²) in [5.41, 5.74) is 0. The molecule has 0 rings (SSSR count). The number of hydrogen-bond acceptors (Lipinski definition) is 3. The van der Waals surface area contributed by atoms with Crippen LogP contribution in [0, 0.1) is 0 Å². The van der Waals surface area contributed by atoms with Gasteiger partial charge in [0.2, 0.25) is 0 Å². The molecule has 0 radical (unpaired) electrons. The second kappa shape index (κ2) is 36.9. The molecule has 0 spiro atoms. The average molecular weight is 649 g/mol. The lowest BCUT2D eigenvalue weighted by atomic mass is 10.1. The number of likely N-dealkylation sites (N-methyl/N-ethyl adjacent to an activating group) is 1. The van der Waals surface area contributed by atoms with Crippen LogP contribution in [0.4, 0.5) is 0 Å². The minimum absolute atomic E-state index is 0.144. The summed E-state index contributed by atoms with van der Waals surface area (Å²) in [6.45, 7) is 7.63. The van der Waals surface area contributed by atoms with Crippen molar-refractivity contribution in [2.45, 2.75) is 194 Å². The molecule has 0 heterocycles. The van der Waals surface area contributed by atoms with E-state index in [1.54, 1.807) is 0 Å². The van der Waals surface area contributed by atoms with Crippen molar-refractivity contribution >= 4 is 5.91 Å². The molecule has 4 nitrogen and oxygen atoms in total. The van der Waals surface area contributed by atoms with Gasteiger partial charge >= 0.3 is 5.91 Å². The van der Waals surface area contributed by atoms with Gasteiger partial charge < -0.3 is 9.47 Å². The minimum atomic E-state index is 0.144. The quantitative estimate of drug-likeness (QED) is 0.0382. The second-order valence-electron chi connectivity index (χ2n) is 14.3. The number of unbranched alkanes of at least 4 members (excludes halogenated alkanes) is 24. The third kappa shape index (κ3) is 34.4. The van der Waals surface area contributed by atoms with Gasteiger partial charge in [-0.15, -0.1) is 0 Å². The van der Waals surface area contributed by atoms with Crippen molar-refractivity contribution in [1.29, 1.82) is 0 Å². The first-order chi connectivity index (χ1) is 22.5. The molecule has 0 aliphatic rings. The number of amides is 1. The molecule has 4 heteroatoms. The van der Waals surface area contributed by atoms with E-state index in [1.165, 1.54) is 167 Å². The van der Waals surface area contributed by atoms with Crippen LogP contribution in [0.15, 0.2) is 24.3 Å². The Morgan fingerprint density at radius 1 is 0.435 bits per heavy atom. The van der Waals surface area contributed by atoms with Crippen LogP contribution in [0.3, 0.4) is 0 Å². The Bertz CT molecular complexity index is 672. The number of nitrogens with zero attached hydrogens (tertiary/aromatic N) is 1. The molecule has 0 aliphatic carbocycles. The van der Waals surface area contributed by atoms with Crippen LogP contribution in [0.25, 0.3) is 0 Å². The SMILES string of the molecule is CCCCCCCCC=CCCCCCCCCOCC[N+](C)(C)C(=O)COCCCCCCCCC=CCCCCCCCC. The first-order valence-corrected chi connectivity index (χ1v) is 20.4. The van der Waals surface area contributed by atoms with Gasteiger partial charge in [0, 0.05) is 13.2 Å². The van der Waals surface area contributed by atoms with E-state index in [-0.39, 0.29) is 12.5 Å². The molecule has 0 aromatic carbocycles. The zero-order valence-corrected chi connectivity index (χ0v) is 31.8. The lowest BCUT2D eigenvalue weighted by molar-refractivity contribution is -0.815. The Labute approximate surface area is 289 Å². The second-order valence-corrected chi connectivity index (χ2v) is 14.3. The summed E-state index contributed by atoms with van der Waals surface area (Å²) in [4.78, 5) is 12.6. The van der Waals surface area contributed by atoms with Gasteiger partial charge in [-0.3, -0.25) is 4.48 Å². The number of carbonyl (C=O) groups is 1. The summed E-state index contributed by atoms with van der Waals surface area (Å²) in [5, 5.41) is 0. The molecule has 0 N–H and O–H groups in total. The molecule has 1 amide bonds. The maximum atomic E-state index is 12.6. The summed E-state index contributed by atoms with van der Waals surface area (Å²) in [5.74, 6) is 0.144. The average Bonchev–Trinajstić information content (AvgIpc) is 3.05. The first kappa shape index (κ1) is 45.0. The smallest absolute Gasteiger partial charge is 0.339 e. The Hall–Kier alpha value is -0.970. The number of rotatable bonds is 37. The molecule has 0 saturated carbocycles. The van der Waals surface area contributed by atoms with E-state index < -0.39 is 0 Å². The van der Waals surface area contributed by atoms with Crippen molar-refractivity contribution in [2.24, 2.45) is 0 Å². The van der Waals surface area contributed by atoms with Gasteiger partial charge in [0.1, 0.15) is 6.54 Å². The van der Waals surface area contributed by atoms with E-state index in [2.05, 4.69) is 38.2 Å². The van der Waals surface area contributed by atoms with Crippen molar-refractivity contribution < 1.29 is 18.8 Å². The highest BCUT2D eigenvalue weighted by Gasteiger charge is 2.25. The van der Waals surface area contributed by atoms with E-state index in [1.807, 2.05) is 14.1 Å². The molecule has 0 aliphatic heterocycles. The molecule has 0 fully saturated rings. The number of allylic oxidation sites excluding steroid dienone is 4. The fourth-order valence-corrected chi connectivity index (χ4v) is 5.76. The zero-order valence-electron chi connectivity index (χ0n) is 31.8. The van der Waals surface area contributed by atoms with E-state index in [0.29, 0.717) is 24.2 Å². The van der Waals surface area contributed by atoms with Gasteiger partial charge in [-0.05, 0) is 64.2 Å². The molecule has 0 unspecified atom stereocenters. The fraction of sp³-hybridized carbons (Fsp3) is 0.881. The summed E-state index contributed by atoms with van der Waals surface area (Å²) in [7, 11) is 3.95. The summed E-state index contributed by atoms with van der Waals surface area (Å²) in [6.07, 6.45) is 46.4. The Kier molecular flexibility index (Phi) is 36.1. The highest BCUT2D eigenvalue weighted by Crippen LogP contribution is 2.12. The van der Waals surface area contributed by atoms with Crippen LogP contribution in [0.1, 0.15) is 194 Å². The zero-order chi connectivity index (χ0) is 33.7. The molecule has 272 valence electrons. The molecule has 0 aromatic heterocycles. The number of carbonyl (C=O) groups excluding carboxylic acids is 1. The van der Waals surface area contributed by atoms with Crippen molar-refractivity contribution in [3.63, 3.8) is 0 Å². The van der Waals surface area contributed by atoms with Gasteiger partial charge in [0.05, 0.1) is 20.7 Å². The molecule has 0 atom stereocenters. The van der Waals surface area contributed by atoms with E-state index in [9.17, 15) is 4.79 Å². The molecule has 0 saturated heterocycles. The standard InChI is InChI=1S/C42H82NO3/c1-5-7-9-11-13-15-17-19-21-23-25-27-29-31-33-35-38-45-40-37-43(3,4)42(44)41-46-39-36-34-32-30-28-26-24-22-20-18-16-14-12-10-8-6-2/h19-22H,5-18,23-41H2,1-4H3/q+1. The van der Waals surface area contributed by atoms with Crippen molar-refractivity contribution in [1.82, 2.24) is 0 Å². The van der Waals surface area contributed by atoms with Gasteiger partial charge in [0.25, 0.3) is 0 Å². The Morgan fingerprint density at radius 2 is 0.761 bits per heavy atom. The Balaban J connectivity index is 3.44. The molecular weight excluding hydrogens is 566 g/mol. The first-order valence-electron chi connectivity index (χ1n) is 20.4. The topological polar surface area (TPSA) is 35.5 Å². The lowest BCUT2D eigenvalue weighted by Gasteiger charge is -2.26. The third-order valence-electron chi connectivity index (χ3n) is 9.30. The fourth-order valence-electron chi connectivity index (χ4n) is 5.76. The highest BCUT2D eigenvalue weighted by molar-refractivity contribution is 5.70. The largest absolute Gasteiger partial charge is 0.376 e. The maximum Gasteiger partial charge on any atom is 0.339 e. The van der Waals surface area contributed by atoms with Crippen LogP contribution in [0.2, 0.25) is 0 Å². The van der Waals surface area contributed by atoms with Crippen LogP contribution >= 0.6 is 0 Å². The normalized spacial score (nSPS) is 12.3. The third-order valence-corrected chi connectivity index (χ3v) is 9.30. The molecule has 0 bridgehead atoms. The van der Waals surface area contributed by atoms with Gasteiger partial charge in [-0.2, -0.15) is 0 Å². The highest BCUT2D eigenvalue weighted by atomic mass is 16.5. The number of ether oxygens (including phenoxy) is 2. The summed E-state index contributed by atoms with van der Waals surface area (Å²) >= 11 is 0. The Morgan fingerprint density at radius 3 is 1.15 bits per heavy atom. The monoisotopic (exact) mass is 649 g/mol. The van der Waals surface area contributed by atoms with Crippen LogP contribution in [-0.2, 0) is 14.3 Å².